The normalized spacial score (nSPS) is 19.4. The molecule has 6 rings (SSSR count). The lowest BCUT2D eigenvalue weighted by atomic mass is 9.80. The average molecular weight is 1020 g/mol. The monoisotopic (exact) mass is 1020 g/mol. The van der Waals surface area contributed by atoms with Gasteiger partial charge in [-0.05, 0) is 142 Å². The van der Waals surface area contributed by atoms with Crippen molar-refractivity contribution in [3.63, 3.8) is 0 Å². The fraction of sp³-hybridized carbons (Fsp3) is 0.548. The molecule has 0 spiro atoms. The molecule has 0 aromatic heterocycles. The molecule has 0 N–H and O–H groups in total. The maximum absolute atomic E-state index is 12.9. The largest absolute Gasteiger partial charge is 0.459 e. The lowest BCUT2D eigenvalue weighted by Crippen LogP contribution is -2.62. The maximum Gasteiger partial charge on any atom is 0.338 e. The minimum absolute atomic E-state index is 0.208. The van der Waals surface area contributed by atoms with E-state index < -0.39 is 22.2 Å². The number of hydroxylamine groups is 4. The summed E-state index contributed by atoms with van der Waals surface area (Å²) in [5, 5.41) is 4.14. The highest BCUT2D eigenvalue weighted by atomic mass is 16.7. The molecule has 0 saturated carbocycles. The average Bonchev–Trinajstić information content (AvgIpc) is 3.34. The molecule has 2 aliphatic rings. The number of piperidine rings is 2. The second-order valence-electron chi connectivity index (χ2n) is 23.2. The van der Waals surface area contributed by atoms with E-state index in [0.29, 0.717) is 49.7 Å². The number of ether oxygens (including phenoxy) is 4. The van der Waals surface area contributed by atoms with Crippen LogP contribution in [0.5, 0.6) is 0 Å². The Kier molecular flexibility index (Phi) is 19.9. The minimum Gasteiger partial charge on any atom is -0.459 e. The van der Waals surface area contributed by atoms with E-state index in [4.69, 9.17) is 28.6 Å². The van der Waals surface area contributed by atoms with Crippen molar-refractivity contribution in [2.24, 2.45) is 0 Å². The Morgan fingerprint density at radius 2 is 0.689 bits per heavy atom. The van der Waals surface area contributed by atoms with E-state index in [1.165, 1.54) is 0 Å². The van der Waals surface area contributed by atoms with Gasteiger partial charge in [-0.2, -0.15) is 10.1 Å². The molecule has 2 saturated heterocycles. The Morgan fingerprint density at radius 3 is 0.986 bits per heavy atom. The number of rotatable bonds is 23. The van der Waals surface area contributed by atoms with Gasteiger partial charge in [0.2, 0.25) is 0 Å². The summed E-state index contributed by atoms with van der Waals surface area (Å²) in [6, 6.07) is 34.3. The number of benzene rings is 4. The van der Waals surface area contributed by atoms with Crippen molar-refractivity contribution >= 4 is 23.9 Å². The Morgan fingerprint density at radius 1 is 0.419 bits per heavy atom. The van der Waals surface area contributed by atoms with Gasteiger partial charge in [-0.25, -0.2) is 9.59 Å². The van der Waals surface area contributed by atoms with Crippen LogP contribution in [0.2, 0.25) is 0 Å². The molecule has 0 aliphatic carbocycles. The summed E-state index contributed by atoms with van der Waals surface area (Å²) in [4.78, 5) is 64.6. The summed E-state index contributed by atoms with van der Waals surface area (Å²) >= 11 is 0. The number of carbonyl (C=O) groups is 4. The molecule has 4 atom stereocenters. The van der Waals surface area contributed by atoms with Crippen molar-refractivity contribution in [3.05, 3.63) is 143 Å². The third-order valence-electron chi connectivity index (χ3n) is 14.6. The summed E-state index contributed by atoms with van der Waals surface area (Å²) in [6.45, 7) is 24.8. The quantitative estimate of drug-likeness (QED) is 0.0398. The van der Waals surface area contributed by atoms with E-state index in [0.717, 1.165) is 60.8 Å². The molecule has 74 heavy (non-hydrogen) atoms. The Balaban J connectivity index is 0.828. The third-order valence-corrected chi connectivity index (χ3v) is 14.6. The molecular weight excluding hydrogens is 933 g/mol. The molecule has 0 amide bonds. The first kappa shape index (κ1) is 57.9. The van der Waals surface area contributed by atoms with E-state index in [9.17, 15) is 19.2 Å². The molecule has 4 aromatic rings. The van der Waals surface area contributed by atoms with Crippen molar-refractivity contribution in [1.82, 2.24) is 10.1 Å². The molecule has 4 aromatic carbocycles. The molecule has 402 valence electrons. The number of hydrogen-bond acceptors (Lipinski definition) is 12. The van der Waals surface area contributed by atoms with E-state index in [2.05, 4.69) is 65.5 Å². The smallest absolute Gasteiger partial charge is 0.338 e. The zero-order valence-electron chi connectivity index (χ0n) is 46.3. The van der Waals surface area contributed by atoms with Crippen LogP contribution in [-0.4, -0.2) is 68.4 Å². The predicted molar refractivity (Wildman–Crippen MR) is 288 cm³/mol. The molecule has 2 heterocycles. The summed E-state index contributed by atoms with van der Waals surface area (Å²) in [5.74, 6) is -1.03. The molecule has 12 nitrogen and oxygen atoms in total. The zero-order chi connectivity index (χ0) is 53.8. The number of esters is 4. The van der Waals surface area contributed by atoms with Gasteiger partial charge in [-0.3, -0.25) is 19.3 Å². The van der Waals surface area contributed by atoms with Gasteiger partial charge < -0.3 is 18.9 Å². The van der Waals surface area contributed by atoms with Crippen molar-refractivity contribution in [2.75, 3.05) is 0 Å². The van der Waals surface area contributed by atoms with Gasteiger partial charge in [0.25, 0.3) is 0 Å². The van der Waals surface area contributed by atoms with Gasteiger partial charge in [-0.15, -0.1) is 0 Å². The number of unbranched alkanes of at least 4 members (excludes halogenated alkanes) is 5. The standard InChI is InChI=1S/C62H84N2O10/c1-43(47-31-35-49(36-32-47)45(3)73-63-59(5,6)39-53(40-60(63,7)8)71-57(67)51-25-19-17-20-26-51)69-55(65)29-23-15-13-14-16-24-30-56(66)70-44(2)48-33-37-50(38-34-48)46(4)74-64-61(9,10)41-54(42-62(64,11)12)72-58(68)52-27-21-18-22-28-52/h17-22,25-28,31-38,43-46,53-54H,13-16,23-24,29-30,39-42H2,1-12H3. The van der Waals surface area contributed by atoms with Crippen molar-refractivity contribution < 1.29 is 47.8 Å². The lowest BCUT2D eigenvalue weighted by Gasteiger charge is -2.54. The van der Waals surface area contributed by atoms with Crippen LogP contribution in [0.15, 0.2) is 109 Å². The first-order chi connectivity index (χ1) is 34.9. The summed E-state index contributed by atoms with van der Waals surface area (Å²) < 4.78 is 23.6. The van der Waals surface area contributed by atoms with E-state index in [-0.39, 0.29) is 60.5 Å². The molecule has 0 bridgehead atoms. The highest BCUT2D eigenvalue weighted by Gasteiger charge is 2.50. The van der Waals surface area contributed by atoms with Crippen LogP contribution in [0.4, 0.5) is 0 Å². The summed E-state index contributed by atoms with van der Waals surface area (Å²) in [6.07, 6.45) is 6.89. The van der Waals surface area contributed by atoms with E-state index in [1.807, 2.05) is 113 Å². The van der Waals surface area contributed by atoms with Gasteiger partial charge >= 0.3 is 23.9 Å². The van der Waals surface area contributed by atoms with Crippen LogP contribution in [0.3, 0.4) is 0 Å². The maximum atomic E-state index is 12.9. The zero-order valence-corrected chi connectivity index (χ0v) is 46.3. The van der Waals surface area contributed by atoms with E-state index in [1.54, 1.807) is 24.3 Å². The summed E-state index contributed by atoms with van der Waals surface area (Å²) in [5.41, 5.74) is 3.37. The highest BCUT2D eigenvalue weighted by molar-refractivity contribution is 5.90. The van der Waals surface area contributed by atoms with Crippen LogP contribution in [0, 0.1) is 0 Å². The molecule has 0 radical (unpaired) electrons. The Hall–Kier alpha value is -5.40. The van der Waals surface area contributed by atoms with Crippen molar-refractivity contribution in [2.45, 2.75) is 219 Å². The number of hydrogen-bond donors (Lipinski definition) is 0. The first-order valence-electron chi connectivity index (χ1n) is 27.0. The molecule has 2 fully saturated rings. The highest BCUT2D eigenvalue weighted by Crippen LogP contribution is 2.44. The van der Waals surface area contributed by atoms with E-state index >= 15 is 0 Å². The van der Waals surface area contributed by atoms with Crippen molar-refractivity contribution in [1.29, 1.82) is 0 Å². The lowest BCUT2D eigenvalue weighted by molar-refractivity contribution is -0.313. The van der Waals surface area contributed by atoms with Crippen LogP contribution < -0.4 is 0 Å². The van der Waals surface area contributed by atoms with Crippen molar-refractivity contribution in [3.8, 4) is 0 Å². The molecule has 4 unspecified atom stereocenters. The predicted octanol–water partition coefficient (Wildman–Crippen LogP) is 14.5. The second kappa shape index (κ2) is 25.4. The van der Waals surface area contributed by atoms with Crippen LogP contribution in [0.1, 0.15) is 228 Å². The second-order valence-corrected chi connectivity index (χ2v) is 23.2. The fourth-order valence-corrected chi connectivity index (χ4v) is 11.1. The molecule has 2 aliphatic heterocycles. The van der Waals surface area contributed by atoms with Gasteiger partial charge in [-0.1, -0.05) is 111 Å². The molecule has 12 heteroatoms. The summed E-state index contributed by atoms with van der Waals surface area (Å²) in [7, 11) is 0. The van der Waals surface area contributed by atoms with Gasteiger partial charge in [0.15, 0.2) is 0 Å². The number of carbonyl (C=O) groups excluding carboxylic acids is 4. The Bertz CT molecular complexity index is 2230. The fourth-order valence-electron chi connectivity index (χ4n) is 11.1. The van der Waals surface area contributed by atoms with Crippen LogP contribution >= 0.6 is 0 Å². The third kappa shape index (κ3) is 16.1. The molecular formula is C62H84N2O10. The Labute approximate surface area is 441 Å². The minimum atomic E-state index is -0.395. The topological polar surface area (TPSA) is 130 Å². The SMILES string of the molecule is CC(OC(=O)CCCCCCCCC(=O)OC(C)c1ccc(C(C)ON2C(C)(C)CC(OC(=O)c3ccccc3)CC2(C)C)cc1)c1ccc(C(C)ON2C(C)(C)CC(OC(=O)c3ccccc3)CC2(C)C)cc1. The van der Waals surface area contributed by atoms with Crippen LogP contribution in [-0.2, 0) is 38.2 Å². The number of nitrogens with zero attached hydrogens (tertiary/aromatic N) is 2. The first-order valence-corrected chi connectivity index (χ1v) is 27.0. The van der Waals surface area contributed by atoms with Gasteiger partial charge in [0.05, 0.1) is 11.1 Å². The van der Waals surface area contributed by atoms with Gasteiger partial charge in [0, 0.05) is 60.7 Å². The van der Waals surface area contributed by atoms with Gasteiger partial charge in [0.1, 0.15) is 36.6 Å². The van der Waals surface area contributed by atoms with Crippen LogP contribution in [0.25, 0.3) is 0 Å².